The Bertz CT molecular complexity index is 1170. The summed E-state index contributed by atoms with van der Waals surface area (Å²) in [5.41, 5.74) is 3.48. The monoisotopic (exact) mass is 439 g/mol. The molecule has 4 rings (SSSR count). The van der Waals surface area contributed by atoms with Crippen LogP contribution in [0.15, 0.2) is 47.4 Å². The third-order valence-electron chi connectivity index (χ3n) is 6.29. The predicted molar refractivity (Wildman–Crippen MR) is 122 cm³/mol. The number of sulfone groups is 1. The Morgan fingerprint density at radius 3 is 2.61 bits per heavy atom. The quantitative estimate of drug-likeness (QED) is 0.544. The van der Waals surface area contributed by atoms with Gasteiger partial charge in [0.25, 0.3) is 0 Å². The molecule has 0 spiro atoms. The first-order valence-electron chi connectivity index (χ1n) is 10.9. The number of fused-ring (bicyclic) bond motifs is 1. The molecule has 164 valence electrons. The summed E-state index contributed by atoms with van der Waals surface area (Å²) in [6.45, 7) is 4.08. The van der Waals surface area contributed by atoms with Gasteiger partial charge in [0, 0.05) is 13.0 Å². The van der Waals surface area contributed by atoms with Crippen molar-refractivity contribution in [2.24, 2.45) is 0 Å². The Balaban J connectivity index is 1.46. The van der Waals surface area contributed by atoms with E-state index in [0.717, 1.165) is 35.3 Å². The highest BCUT2D eigenvalue weighted by Gasteiger charge is 2.53. The van der Waals surface area contributed by atoms with Crippen molar-refractivity contribution < 1.29 is 13.2 Å². The number of rotatable bonds is 7. The second kappa shape index (κ2) is 8.46. The number of amides is 1. The van der Waals surface area contributed by atoms with Gasteiger partial charge in [-0.2, -0.15) is 0 Å². The lowest BCUT2D eigenvalue weighted by Crippen LogP contribution is -2.51. The van der Waals surface area contributed by atoms with Gasteiger partial charge in [0.05, 0.1) is 15.9 Å². The zero-order valence-corrected chi connectivity index (χ0v) is 18.9. The fourth-order valence-corrected chi connectivity index (χ4v) is 6.91. The summed E-state index contributed by atoms with van der Waals surface area (Å²) < 4.78 is 25.9. The third kappa shape index (κ3) is 3.99. The van der Waals surface area contributed by atoms with Crippen LogP contribution in [0.2, 0.25) is 0 Å². The minimum absolute atomic E-state index is 0.284. The van der Waals surface area contributed by atoms with Crippen molar-refractivity contribution in [3.63, 3.8) is 0 Å². The Labute approximate surface area is 183 Å². The minimum Gasteiger partial charge on any atom is -0.355 e. The van der Waals surface area contributed by atoms with Crippen LogP contribution in [0, 0.1) is 13.8 Å². The molecule has 2 aromatic carbocycles. The normalized spacial score (nSPS) is 15.9. The summed E-state index contributed by atoms with van der Waals surface area (Å²) in [7, 11) is -3.79. The van der Waals surface area contributed by atoms with E-state index >= 15 is 0 Å². The summed E-state index contributed by atoms with van der Waals surface area (Å²) in [4.78, 5) is 21.3. The summed E-state index contributed by atoms with van der Waals surface area (Å²) in [6.07, 6.45) is 3.61. The van der Waals surface area contributed by atoms with Gasteiger partial charge in [-0.25, -0.2) is 13.4 Å². The molecule has 3 aromatic rings. The zero-order valence-electron chi connectivity index (χ0n) is 18.1. The highest BCUT2D eigenvalue weighted by atomic mass is 32.2. The molecule has 1 aromatic heterocycles. The second-order valence-electron chi connectivity index (χ2n) is 8.53. The van der Waals surface area contributed by atoms with E-state index in [-0.39, 0.29) is 10.8 Å². The van der Waals surface area contributed by atoms with E-state index in [4.69, 9.17) is 0 Å². The molecule has 1 heterocycles. The minimum atomic E-state index is -3.79. The van der Waals surface area contributed by atoms with Crippen LogP contribution in [0.5, 0.6) is 0 Å². The largest absolute Gasteiger partial charge is 0.355 e. The highest BCUT2D eigenvalue weighted by Crippen LogP contribution is 2.41. The average molecular weight is 440 g/mol. The van der Waals surface area contributed by atoms with Crippen molar-refractivity contribution in [3.8, 4) is 0 Å². The number of H-pyrrole nitrogens is 1. The number of imidazole rings is 1. The van der Waals surface area contributed by atoms with Crippen LogP contribution in [0.1, 0.15) is 49.1 Å². The number of nitrogens with zero attached hydrogens (tertiary/aromatic N) is 1. The van der Waals surface area contributed by atoms with Crippen LogP contribution in [-0.4, -0.2) is 35.6 Å². The van der Waals surface area contributed by atoms with Gasteiger partial charge in [0.2, 0.25) is 5.91 Å². The molecule has 0 unspecified atom stereocenters. The molecule has 0 bridgehead atoms. The maximum absolute atomic E-state index is 13.6. The molecule has 1 fully saturated rings. The van der Waals surface area contributed by atoms with Crippen LogP contribution < -0.4 is 5.32 Å². The molecule has 0 atom stereocenters. The molecule has 1 aliphatic rings. The van der Waals surface area contributed by atoms with E-state index in [0.29, 0.717) is 37.8 Å². The number of aromatic nitrogens is 2. The molecule has 31 heavy (non-hydrogen) atoms. The van der Waals surface area contributed by atoms with Crippen LogP contribution in [-0.2, 0) is 21.1 Å². The van der Waals surface area contributed by atoms with Gasteiger partial charge in [-0.1, -0.05) is 37.1 Å². The second-order valence-corrected chi connectivity index (χ2v) is 10.8. The smallest absolute Gasteiger partial charge is 0.241 e. The molecule has 0 radical (unpaired) electrons. The molecular weight excluding hydrogens is 410 g/mol. The predicted octanol–water partition coefficient (Wildman–Crippen LogP) is 4.02. The van der Waals surface area contributed by atoms with E-state index in [1.807, 2.05) is 43.3 Å². The average Bonchev–Trinajstić information content (AvgIpc) is 3.40. The van der Waals surface area contributed by atoms with Crippen molar-refractivity contribution in [2.45, 2.75) is 62.0 Å². The van der Waals surface area contributed by atoms with Crippen LogP contribution >= 0.6 is 0 Å². The lowest BCUT2D eigenvalue weighted by Gasteiger charge is -2.28. The Hall–Kier alpha value is -2.67. The Morgan fingerprint density at radius 1 is 1.13 bits per heavy atom. The number of aromatic amines is 1. The first-order valence-corrected chi connectivity index (χ1v) is 12.4. The van der Waals surface area contributed by atoms with Crippen molar-refractivity contribution in [1.82, 2.24) is 15.3 Å². The molecule has 1 saturated carbocycles. The zero-order chi connectivity index (χ0) is 22.1. The Morgan fingerprint density at radius 2 is 1.87 bits per heavy atom. The van der Waals surface area contributed by atoms with E-state index in [2.05, 4.69) is 15.3 Å². The fraction of sp³-hybridized carbons (Fsp3) is 0.417. The van der Waals surface area contributed by atoms with Gasteiger partial charge in [-0.05, 0) is 62.4 Å². The first kappa shape index (κ1) is 21.6. The van der Waals surface area contributed by atoms with Gasteiger partial charge < -0.3 is 10.3 Å². The molecule has 6 nitrogen and oxygen atoms in total. The maximum atomic E-state index is 13.6. The van der Waals surface area contributed by atoms with Gasteiger partial charge in [-0.15, -0.1) is 0 Å². The Kier molecular flexibility index (Phi) is 5.88. The molecular formula is C24H29N3O3S. The summed E-state index contributed by atoms with van der Waals surface area (Å²) >= 11 is 0. The third-order valence-corrected chi connectivity index (χ3v) is 8.93. The van der Waals surface area contributed by atoms with E-state index in [9.17, 15) is 13.2 Å². The van der Waals surface area contributed by atoms with E-state index in [1.165, 1.54) is 0 Å². The molecule has 2 N–H and O–H groups in total. The molecule has 0 saturated heterocycles. The van der Waals surface area contributed by atoms with Gasteiger partial charge in [0.1, 0.15) is 5.82 Å². The molecule has 1 aliphatic carbocycles. The van der Waals surface area contributed by atoms with Crippen molar-refractivity contribution in [1.29, 1.82) is 0 Å². The van der Waals surface area contributed by atoms with Crippen LogP contribution in [0.3, 0.4) is 0 Å². The van der Waals surface area contributed by atoms with Crippen LogP contribution in [0.4, 0.5) is 0 Å². The number of carbonyl (C=O) groups is 1. The number of para-hydroxylation sites is 2. The van der Waals surface area contributed by atoms with Crippen molar-refractivity contribution >= 4 is 26.8 Å². The molecule has 0 aliphatic heterocycles. The number of hydrogen-bond donors (Lipinski definition) is 2. The highest BCUT2D eigenvalue weighted by molar-refractivity contribution is 7.93. The topological polar surface area (TPSA) is 91.9 Å². The number of nitrogens with one attached hydrogen (secondary N) is 2. The number of carbonyl (C=O) groups excluding carboxylic acids is 1. The molecule has 7 heteroatoms. The van der Waals surface area contributed by atoms with Gasteiger partial charge in [-0.3, -0.25) is 4.79 Å². The SMILES string of the molecule is Cc1ccc(C)c(S(=O)(=O)C2(C(=O)NCCCc3nc4ccccc4[nH]3)CCCC2)c1. The number of benzene rings is 2. The van der Waals surface area contributed by atoms with Crippen molar-refractivity contribution in [3.05, 3.63) is 59.4 Å². The number of aryl methyl sites for hydroxylation is 3. The van der Waals surface area contributed by atoms with Crippen LogP contribution in [0.25, 0.3) is 11.0 Å². The van der Waals surface area contributed by atoms with Crippen molar-refractivity contribution in [2.75, 3.05) is 6.54 Å². The maximum Gasteiger partial charge on any atom is 0.241 e. The summed E-state index contributed by atoms with van der Waals surface area (Å²) in [5, 5.41) is 2.92. The van der Waals surface area contributed by atoms with E-state index in [1.54, 1.807) is 13.0 Å². The summed E-state index contributed by atoms with van der Waals surface area (Å²) in [6, 6.07) is 13.3. The lowest BCUT2D eigenvalue weighted by atomic mass is 10.1. The van der Waals surface area contributed by atoms with E-state index < -0.39 is 14.6 Å². The van der Waals surface area contributed by atoms with Gasteiger partial charge in [0.15, 0.2) is 14.6 Å². The van der Waals surface area contributed by atoms with Gasteiger partial charge >= 0.3 is 0 Å². The first-order chi connectivity index (χ1) is 14.8. The summed E-state index contributed by atoms with van der Waals surface area (Å²) in [5.74, 6) is 0.504. The standard InChI is InChI=1S/C24H29N3O3S/c1-17-11-12-18(2)21(16-17)31(29,30)24(13-5-6-14-24)23(28)25-15-7-10-22-26-19-8-3-4-9-20(19)27-22/h3-4,8-9,11-12,16H,5-7,10,13-15H2,1-2H3,(H,25,28)(H,26,27). The number of hydrogen-bond acceptors (Lipinski definition) is 4. The lowest BCUT2D eigenvalue weighted by molar-refractivity contribution is -0.123. The fourth-order valence-electron chi connectivity index (χ4n) is 4.51. The molecule has 1 amide bonds.